The molecule has 1 aliphatic heterocycles. The smallest absolute Gasteiger partial charge is 0.151 e. The maximum absolute atomic E-state index is 10.7. The van der Waals surface area contributed by atoms with Crippen molar-refractivity contribution in [1.29, 1.82) is 0 Å². The lowest BCUT2D eigenvalue weighted by Crippen LogP contribution is -2.03. The zero-order valence-corrected chi connectivity index (χ0v) is 9.34. The molecule has 2 aromatic carbocycles. The number of ether oxygens (including phenoxy) is 1. The van der Waals surface area contributed by atoms with Gasteiger partial charge < -0.3 is 10.1 Å². The van der Waals surface area contributed by atoms with Crippen molar-refractivity contribution < 1.29 is 14.3 Å². The van der Waals surface area contributed by atoms with E-state index in [1.54, 1.807) is 36.4 Å². The van der Waals surface area contributed by atoms with E-state index in [4.69, 9.17) is 4.74 Å². The van der Waals surface area contributed by atoms with Crippen LogP contribution < -0.4 is 10.1 Å². The van der Waals surface area contributed by atoms with Gasteiger partial charge in [0.15, 0.2) is 11.5 Å². The molecule has 0 bridgehead atoms. The first kappa shape index (κ1) is 10.5. The van der Waals surface area contributed by atoms with Crippen molar-refractivity contribution >= 4 is 23.9 Å². The van der Waals surface area contributed by atoms with Crippen LogP contribution in [0, 0.1) is 0 Å². The summed E-state index contributed by atoms with van der Waals surface area (Å²) in [6.45, 7) is 0. The predicted molar refractivity (Wildman–Crippen MR) is 67.0 cm³/mol. The molecule has 0 aromatic heterocycles. The van der Waals surface area contributed by atoms with Gasteiger partial charge in [0.2, 0.25) is 0 Å². The highest BCUT2D eigenvalue weighted by Gasteiger charge is 2.16. The number of hydrogen-bond acceptors (Lipinski definition) is 4. The van der Waals surface area contributed by atoms with Gasteiger partial charge >= 0.3 is 0 Å². The molecule has 4 heteroatoms. The Morgan fingerprint density at radius 1 is 0.833 bits per heavy atom. The van der Waals surface area contributed by atoms with Crippen molar-refractivity contribution in [3.63, 3.8) is 0 Å². The van der Waals surface area contributed by atoms with Gasteiger partial charge in [0, 0.05) is 11.1 Å². The van der Waals surface area contributed by atoms with Crippen LogP contribution >= 0.6 is 0 Å². The van der Waals surface area contributed by atoms with Crippen LogP contribution in [0.2, 0.25) is 0 Å². The highest BCUT2D eigenvalue weighted by molar-refractivity contribution is 5.84. The maximum Gasteiger partial charge on any atom is 0.151 e. The Balaban J connectivity index is 2.06. The molecule has 2 aromatic rings. The van der Waals surface area contributed by atoms with Gasteiger partial charge in [-0.05, 0) is 36.4 Å². The van der Waals surface area contributed by atoms with E-state index in [0.717, 1.165) is 23.9 Å². The van der Waals surface area contributed by atoms with Crippen LogP contribution in [0.3, 0.4) is 0 Å². The van der Waals surface area contributed by atoms with Gasteiger partial charge in [-0.25, -0.2) is 0 Å². The first-order chi connectivity index (χ1) is 8.80. The summed E-state index contributed by atoms with van der Waals surface area (Å²) in [7, 11) is 0. The fourth-order valence-corrected chi connectivity index (χ4v) is 1.86. The Morgan fingerprint density at radius 2 is 1.33 bits per heavy atom. The summed E-state index contributed by atoms with van der Waals surface area (Å²) in [6, 6.07) is 10.3. The lowest BCUT2D eigenvalue weighted by atomic mass is 10.1. The number of benzene rings is 2. The van der Waals surface area contributed by atoms with E-state index >= 15 is 0 Å². The van der Waals surface area contributed by atoms with Gasteiger partial charge in [-0.1, -0.05) is 0 Å². The van der Waals surface area contributed by atoms with E-state index in [1.165, 1.54) is 0 Å². The van der Waals surface area contributed by atoms with E-state index in [9.17, 15) is 9.59 Å². The molecular formula is C14H9NO3. The second-order valence-corrected chi connectivity index (χ2v) is 3.97. The van der Waals surface area contributed by atoms with E-state index < -0.39 is 0 Å². The predicted octanol–water partition coefficient (Wildman–Crippen LogP) is 3.16. The van der Waals surface area contributed by atoms with E-state index in [0.29, 0.717) is 22.6 Å². The van der Waals surface area contributed by atoms with Crippen molar-refractivity contribution in [2.24, 2.45) is 0 Å². The molecule has 1 aliphatic rings. The number of carbonyl (C=O) groups excluding carboxylic acids is 2. The van der Waals surface area contributed by atoms with Gasteiger partial charge in [-0.15, -0.1) is 0 Å². The zero-order chi connectivity index (χ0) is 12.5. The van der Waals surface area contributed by atoms with Crippen LogP contribution in [0.15, 0.2) is 36.4 Å². The third kappa shape index (κ3) is 1.64. The van der Waals surface area contributed by atoms with E-state index in [1.807, 2.05) is 0 Å². The summed E-state index contributed by atoms with van der Waals surface area (Å²) in [4.78, 5) is 21.4. The zero-order valence-electron chi connectivity index (χ0n) is 9.34. The molecule has 4 nitrogen and oxygen atoms in total. The molecule has 0 spiro atoms. The monoisotopic (exact) mass is 239 g/mol. The summed E-state index contributed by atoms with van der Waals surface area (Å²) < 4.78 is 5.68. The van der Waals surface area contributed by atoms with Crippen molar-refractivity contribution in [1.82, 2.24) is 0 Å². The number of anilines is 2. The molecule has 88 valence electrons. The standard InChI is InChI=1S/C14H9NO3/c16-7-9-1-3-11-13(5-9)18-14-6-10(8-17)2-4-12(14)15-11/h1-8,15H. The molecule has 0 aliphatic carbocycles. The van der Waals surface area contributed by atoms with Crippen molar-refractivity contribution in [2.45, 2.75) is 0 Å². The Hall–Kier alpha value is -2.62. The van der Waals surface area contributed by atoms with Crippen LogP contribution in [0.1, 0.15) is 20.7 Å². The molecule has 1 N–H and O–H groups in total. The molecule has 0 saturated heterocycles. The topological polar surface area (TPSA) is 55.4 Å². The number of carbonyl (C=O) groups is 2. The third-order valence-electron chi connectivity index (χ3n) is 2.77. The SMILES string of the molecule is O=Cc1ccc2c(c1)Oc1cc(C=O)ccc1N2. The Bertz CT molecular complexity index is 594. The summed E-state index contributed by atoms with van der Waals surface area (Å²) >= 11 is 0. The van der Waals surface area contributed by atoms with E-state index in [2.05, 4.69) is 5.32 Å². The molecule has 0 fully saturated rings. The number of fused-ring (bicyclic) bond motifs is 2. The number of aldehydes is 2. The molecular weight excluding hydrogens is 230 g/mol. The number of nitrogens with one attached hydrogen (secondary N) is 1. The van der Waals surface area contributed by atoms with Gasteiger partial charge in [0.25, 0.3) is 0 Å². The molecule has 0 saturated carbocycles. The normalized spacial score (nSPS) is 11.6. The van der Waals surface area contributed by atoms with E-state index in [-0.39, 0.29) is 0 Å². The number of rotatable bonds is 2. The summed E-state index contributed by atoms with van der Waals surface area (Å²) in [6.07, 6.45) is 1.53. The fraction of sp³-hybridized carbons (Fsp3) is 0. The molecule has 18 heavy (non-hydrogen) atoms. The van der Waals surface area contributed by atoms with Crippen molar-refractivity contribution in [3.05, 3.63) is 47.5 Å². The summed E-state index contributed by atoms with van der Waals surface area (Å²) in [5, 5.41) is 3.19. The fourth-order valence-electron chi connectivity index (χ4n) is 1.86. The molecule has 0 amide bonds. The first-order valence-electron chi connectivity index (χ1n) is 5.43. The summed E-state index contributed by atoms with van der Waals surface area (Å²) in [5.74, 6) is 1.16. The van der Waals surface area contributed by atoms with Crippen LogP contribution in [0.5, 0.6) is 11.5 Å². The Labute approximate surface area is 103 Å². The summed E-state index contributed by atoms with van der Waals surface area (Å²) in [5.41, 5.74) is 2.69. The first-order valence-corrected chi connectivity index (χ1v) is 5.43. The third-order valence-corrected chi connectivity index (χ3v) is 2.77. The Morgan fingerprint density at radius 3 is 1.78 bits per heavy atom. The largest absolute Gasteiger partial charge is 0.453 e. The molecule has 1 heterocycles. The molecule has 0 radical (unpaired) electrons. The van der Waals surface area contributed by atoms with Gasteiger partial charge in [-0.3, -0.25) is 9.59 Å². The van der Waals surface area contributed by atoms with Gasteiger partial charge in [0.1, 0.15) is 12.6 Å². The van der Waals surface area contributed by atoms with Crippen molar-refractivity contribution in [3.8, 4) is 11.5 Å². The lowest BCUT2D eigenvalue weighted by Gasteiger charge is -2.22. The van der Waals surface area contributed by atoms with Crippen molar-refractivity contribution in [2.75, 3.05) is 5.32 Å². The number of hydrogen-bond donors (Lipinski definition) is 1. The molecule has 0 unspecified atom stereocenters. The Kier molecular flexibility index (Phi) is 2.34. The second kappa shape index (κ2) is 4.00. The van der Waals surface area contributed by atoms with Crippen LogP contribution in [-0.2, 0) is 0 Å². The minimum Gasteiger partial charge on any atom is -0.453 e. The van der Waals surface area contributed by atoms with Gasteiger partial charge in [-0.2, -0.15) is 0 Å². The quantitative estimate of drug-likeness (QED) is 0.698. The average molecular weight is 239 g/mol. The minimum absolute atomic E-state index is 0.547. The lowest BCUT2D eigenvalue weighted by molar-refractivity contribution is 0.111. The second-order valence-electron chi connectivity index (χ2n) is 3.97. The highest BCUT2D eigenvalue weighted by Crippen LogP contribution is 2.42. The maximum atomic E-state index is 10.7. The van der Waals surface area contributed by atoms with Crippen LogP contribution in [0.4, 0.5) is 11.4 Å². The van der Waals surface area contributed by atoms with Gasteiger partial charge in [0.05, 0.1) is 11.4 Å². The van der Waals surface area contributed by atoms with Crippen LogP contribution in [-0.4, -0.2) is 12.6 Å². The van der Waals surface area contributed by atoms with Crippen LogP contribution in [0.25, 0.3) is 0 Å². The average Bonchev–Trinajstić information content (AvgIpc) is 2.43. The molecule has 3 rings (SSSR count). The highest BCUT2D eigenvalue weighted by atomic mass is 16.5. The molecule has 0 atom stereocenters. The minimum atomic E-state index is 0.547.